The Balaban J connectivity index is 1.62. The van der Waals surface area contributed by atoms with E-state index in [-0.39, 0.29) is 17.8 Å². The molecule has 29 heavy (non-hydrogen) atoms. The van der Waals surface area contributed by atoms with Crippen molar-refractivity contribution in [2.45, 2.75) is 26.4 Å². The predicted octanol–water partition coefficient (Wildman–Crippen LogP) is 2.89. The number of amides is 1. The van der Waals surface area contributed by atoms with Gasteiger partial charge in [-0.05, 0) is 36.6 Å². The number of hydrogen-bond acceptors (Lipinski definition) is 4. The van der Waals surface area contributed by atoms with Crippen LogP contribution in [0.25, 0.3) is 0 Å². The zero-order valence-corrected chi connectivity index (χ0v) is 16.1. The first-order valence-electron chi connectivity index (χ1n) is 9.46. The molecule has 0 radical (unpaired) electrons. The van der Waals surface area contributed by atoms with E-state index in [1.807, 2.05) is 17.0 Å². The van der Waals surface area contributed by atoms with Crippen LogP contribution in [-0.4, -0.2) is 22.0 Å². The highest BCUT2D eigenvalue weighted by atomic mass is 19.1. The van der Waals surface area contributed by atoms with Gasteiger partial charge in [0.05, 0.1) is 5.69 Å². The highest BCUT2D eigenvalue weighted by molar-refractivity contribution is 5.90. The summed E-state index contributed by atoms with van der Waals surface area (Å²) >= 11 is 0. The van der Waals surface area contributed by atoms with E-state index in [1.165, 1.54) is 33.9 Å². The van der Waals surface area contributed by atoms with Crippen molar-refractivity contribution in [1.82, 2.24) is 9.55 Å². The van der Waals surface area contributed by atoms with E-state index < -0.39 is 11.7 Å². The average molecular weight is 392 g/mol. The van der Waals surface area contributed by atoms with E-state index >= 15 is 0 Å². The molecule has 6 nitrogen and oxygen atoms in total. The lowest BCUT2D eigenvalue weighted by atomic mass is 10.0. The summed E-state index contributed by atoms with van der Waals surface area (Å²) in [5, 5.41) is 2.53. The number of hydrogen-bond donors (Lipinski definition) is 1. The molecule has 1 aliphatic heterocycles. The van der Waals surface area contributed by atoms with Gasteiger partial charge in [-0.2, -0.15) is 0 Å². The molecule has 4 rings (SSSR count). The molecule has 1 N–H and O–H groups in total. The maximum atomic E-state index is 13.8. The zero-order valence-electron chi connectivity index (χ0n) is 16.1. The molecule has 148 valence electrons. The fraction of sp³-hybridized carbons (Fsp3) is 0.227. The number of carbonyl (C=O) groups is 1. The lowest BCUT2D eigenvalue weighted by molar-refractivity contribution is -0.116. The van der Waals surface area contributed by atoms with Gasteiger partial charge in [-0.15, -0.1) is 0 Å². The van der Waals surface area contributed by atoms with Crippen LogP contribution in [-0.2, 0) is 24.3 Å². The number of anilines is 2. The van der Waals surface area contributed by atoms with Crippen molar-refractivity contribution in [2.24, 2.45) is 0 Å². The average Bonchev–Trinajstić information content (AvgIpc) is 2.71. The summed E-state index contributed by atoms with van der Waals surface area (Å²) < 4.78 is 15.2. The SMILES string of the molecule is Cc1cc(=O)n(CC(=O)Nc2ccccc2F)c(N2CCc3ccccc3C2)n1. The lowest BCUT2D eigenvalue weighted by Crippen LogP contribution is -2.38. The maximum Gasteiger partial charge on any atom is 0.255 e. The lowest BCUT2D eigenvalue weighted by Gasteiger charge is -2.31. The van der Waals surface area contributed by atoms with Gasteiger partial charge < -0.3 is 10.2 Å². The molecule has 1 amide bonds. The Morgan fingerprint density at radius 2 is 1.86 bits per heavy atom. The molecular formula is C22H21FN4O2. The number of aromatic nitrogens is 2. The topological polar surface area (TPSA) is 67.2 Å². The largest absolute Gasteiger partial charge is 0.337 e. The smallest absolute Gasteiger partial charge is 0.255 e. The molecule has 0 unspecified atom stereocenters. The number of halogens is 1. The Bertz CT molecular complexity index is 1130. The quantitative estimate of drug-likeness (QED) is 0.741. The van der Waals surface area contributed by atoms with E-state index in [2.05, 4.69) is 22.4 Å². The fourth-order valence-corrected chi connectivity index (χ4v) is 3.56. The summed E-state index contributed by atoms with van der Waals surface area (Å²) in [6.07, 6.45) is 0.835. The van der Waals surface area contributed by atoms with Crippen LogP contribution >= 0.6 is 0 Å². The third-order valence-corrected chi connectivity index (χ3v) is 4.98. The second-order valence-corrected chi connectivity index (χ2v) is 7.09. The summed E-state index contributed by atoms with van der Waals surface area (Å²) in [7, 11) is 0. The predicted molar refractivity (Wildman–Crippen MR) is 109 cm³/mol. The molecule has 0 aliphatic carbocycles. The number of para-hydroxylation sites is 1. The monoisotopic (exact) mass is 392 g/mol. The highest BCUT2D eigenvalue weighted by Gasteiger charge is 2.22. The highest BCUT2D eigenvalue weighted by Crippen LogP contribution is 2.23. The molecule has 0 spiro atoms. The number of carbonyl (C=O) groups excluding carboxylic acids is 1. The summed E-state index contributed by atoms with van der Waals surface area (Å²) in [5.74, 6) is -0.558. The number of aryl methyl sites for hydroxylation is 1. The number of fused-ring (bicyclic) bond motifs is 1. The first kappa shape index (κ1) is 18.9. The van der Waals surface area contributed by atoms with Crippen molar-refractivity contribution in [3.8, 4) is 0 Å². The van der Waals surface area contributed by atoms with E-state index in [9.17, 15) is 14.0 Å². The standard InChI is InChI=1S/C22H21FN4O2/c1-15-12-21(29)27(14-20(28)25-19-9-5-4-8-18(19)23)22(24-15)26-11-10-16-6-2-3-7-17(16)13-26/h2-9,12H,10-11,13-14H2,1H3,(H,25,28). The maximum absolute atomic E-state index is 13.8. The van der Waals surface area contributed by atoms with Gasteiger partial charge in [-0.1, -0.05) is 36.4 Å². The van der Waals surface area contributed by atoms with Crippen LogP contribution in [0.2, 0.25) is 0 Å². The summed E-state index contributed by atoms with van der Waals surface area (Å²) in [4.78, 5) is 31.7. The van der Waals surface area contributed by atoms with Crippen LogP contribution in [0.4, 0.5) is 16.0 Å². The Morgan fingerprint density at radius 1 is 1.14 bits per heavy atom. The van der Waals surface area contributed by atoms with E-state index in [4.69, 9.17) is 0 Å². The third-order valence-electron chi connectivity index (χ3n) is 4.98. The van der Waals surface area contributed by atoms with Crippen molar-refractivity contribution < 1.29 is 9.18 Å². The van der Waals surface area contributed by atoms with Gasteiger partial charge in [0.25, 0.3) is 5.56 Å². The van der Waals surface area contributed by atoms with E-state index in [0.29, 0.717) is 24.7 Å². The minimum Gasteiger partial charge on any atom is -0.337 e. The second kappa shape index (κ2) is 7.87. The molecule has 1 aromatic heterocycles. The Hall–Kier alpha value is -3.48. The van der Waals surface area contributed by atoms with Crippen LogP contribution in [0.3, 0.4) is 0 Å². The van der Waals surface area contributed by atoms with Crippen LogP contribution in [0, 0.1) is 12.7 Å². The Labute approximate surface area is 167 Å². The molecule has 0 saturated heterocycles. The molecule has 0 atom stereocenters. The van der Waals surface area contributed by atoms with Crippen molar-refractivity contribution in [2.75, 3.05) is 16.8 Å². The van der Waals surface area contributed by atoms with Crippen LogP contribution in [0.1, 0.15) is 16.8 Å². The van der Waals surface area contributed by atoms with Crippen molar-refractivity contribution in [1.29, 1.82) is 0 Å². The molecule has 0 bridgehead atoms. The van der Waals surface area contributed by atoms with Gasteiger partial charge in [0.1, 0.15) is 12.4 Å². The number of nitrogens with one attached hydrogen (secondary N) is 1. The summed E-state index contributed by atoms with van der Waals surface area (Å²) in [6.45, 7) is 2.82. The number of nitrogens with zero attached hydrogens (tertiary/aromatic N) is 3. The van der Waals surface area contributed by atoms with E-state index in [1.54, 1.807) is 19.1 Å². The van der Waals surface area contributed by atoms with Gasteiger partial charge in [0.2, 0.25) is 11.9 Å². The van der Waals surface area contributed by atoms with Crippen molar-refractivity contribution in [3.63, 3.8) is 0 Å². The minimum absolute atomic E-state index is 0.0825. The molecular weight excluding hydrogens is 371 g/mol. The first-order valence-corrected chi connectivity index (χ1v) is 9.46. The van der Waals surface area contributed by atoms with Crippen molar-refractivity contribution in [3.05, 3.63) is 87.6 Å². The molecule has 1 aliphatic rings. The minimum atomic E-state index is -0.525. The number of rotatable bonds is 4. The molecule has 2 heterocycles. The van der Waals surface area contributed by atoms with Gasteiger partial charge >= 0.3 is 0 Å². The third kappa shape index (κ3) is 4.03. The van der Waals surface area contributed by atoms with Gasteiger partial charge in [-0.3, -0.25) is 14.2 Å². The Kier molecular flexibility index (Phi) is 5.12. The molecule has 7 heteroatoms. The summed E-state index contributed by atoms with van der Waals surface area (Å²) in [6, 6.07) is 15.5. The molecule has 2 aromatic carbocycles. The van der Waals surface area contributed by atoms with Crippen LogP contribution in [0.5, 0.6) is 0 Å². The van der Waals surface area contributed by atoms with Gasteiger partial charge in [0, 0.05) is 24.8 Å². The number of benzene rings is 2. The van der Waals surface area contributed by atoms with Gasteiger partial charge in [-0.25, -0.2) is 9.37 Å². The van der Waals surface area contributed by atoms with Crippen LogP contribution < -0.4 is 15.8 Å². The Morgan fingerprint density at radius 3 is 2.66 bits per heavy atom. The fourth-order valence-electron chi connectivity index (χ4n) is 3.56. The normalized spacial score (nSPS) is 13.1. The molecule has 3 aromatic rings. The van der Waals surface area contributed by atoms with Crippen molar-refractivity contribution >= 4 is 17.5 Å². The molecule has 0 fully saturated rings. The summed E-state index contributed by atoms with van der Waals surface area (Å²) in [5.41, 5.74) is 2.82. The second-order valence-electron chi connectivity index (χ2n) is 7.09. The first-order chi connectivity index (χ1) is 14.0. The zero-order chi connectivity index (χ0) is 20.4. The van der Waals surface area contributed by atoms with Crippen LogP contribution in [0.15, 0.2) is 59.4 Å². The van der Waals surface area contributed by atoms with E-state index in [0.717, 1.165) is 6.42 Å². The van der Waals surface area contributed by atoms with Gasteiger partial charge in [0.15, 0.2) is 0 Å². The molecule has 0 saturated carbocycles.